The molecule has 3 heteroatoms. The molecule has 1 radical (unpaired) electrons. The van der Waals surface area contributed by atoms with Crippen LogP contribution in [0.25, 0.3) is 0 Å². The van der Waals surface area contributed by atoms with Crippen molar-refractivity contribution in [2.45, 2.75) is 26.2 Å². The van der Waals surface area contributed by atoms with Crippen molar-refractivity contribution in [2.75, 3.05) is 7.11 Å². The Labute approximate surface area is 120 Å². The van der Waals surface area contributed by atoms with E-state index in [9.17, 15) is 5.11 Å². The molecule has 0 spiro atoms. The van der Waals surface area contributed by atoms with Gasteiger partial charge in [0.15, 0.2) is 11.5 Å². The summed E-state index contributed by atoms with van der Waals surface area (Å²) in [6, 6.07) is 3.68. The summed E-state index contributed by atoms with van der Waals surface area (Å²) in [6.45, 7) is 5.86. The van der Waals surface area contributed by atoms with Crippen LogP contribution >= 0.6 is 0 Å². The van der Waals surface area contributed by atoms with Crippen LogP contribution in [0.2, 0.25) is 0 Å². The van der Waals surface area contributed by atoms with Gasteiger partial charge in [0.2, 0.25) is 0 Å². The average Bonchev–Trinajstić information content (AvgIpc) is 2.22. The van der Waals surface area contributed by atoms with E-state index >= 15 is 0 Å². The molecule has 1 N–H and O–H groups in total. The molecule has 0 amide bonds. The molecular weight excluding hydrogens is 211 g/mol. The third-order valence-corrected chi connectivity index (χ3v) is 2.38. The molecule has 16 heavy (non-hydrogen) atoms. The zero-order valence-corrected chi connectivity index (χ0v) is 12.4. The summed E-state index contributed by atoms with van der Waals surface area (Å²) in [4.78, 5) is 0. The Kier molecular flexibility index (Phi) is 7.56. The molecule has 0 saturated heterocycles. The number of hydrogen-bond donors (Lipinski definition) is 1. The molecule has 0 atom stereocenters. The first kappa shape index (κ1) is 15.6. The van der Waals surface area contributed by atoms with E-state index in [0.29, 0.717) is 5.75 Å². The van der Waals surface area contributed by atoms with Crippen molar-refractivity contribution in [1.82, 2.24) is 0 Å². The zero-order chi connectivity index (χ0) is 11.3. The molecule has 0 saturated carbocycles. The summed E-state index contributed by atoms with van der Waals surface area (Å²) in [5.41, 5.74) is 2.36. The van der Waals surface area contributed by atoms with Gasteiger partial charge in [-0.1, -0.05) is 19.4 Å². The van der Waals surface area contributed by atoms with E-state index in [-0.39, 0.29) is 35.3 Å². The fourth-order valence-electron chi connectivity index (χ4n) is 1.66. The number of allylic oxidation sites excluding steroid dienone is 1. The molecule has 0 aliphatic carbocycles. The van der Waals surface area contributed by atoms with Gasteiger partial charge in [0.1, 0.15) is 0 Å². The Morgan fingerprint density at radius 2 is 2.06 bits per heavy atom. The SMILES string of the molecule is C=CCc1cc(OC)c(O)cc1CCC.[Na]. The standard InChI is InChI=1S/C13H18O2.Na/c1-4-6-10-8-12(14)13(15-3)9-11(10)7-5-2;/h5,8-9,14H,2,4,6-7H2,1,3H3;. The van der Waals surface area contributed by atoms with Gasteiger partial charge in [-0.15, -0.1) is 6.58 Å². The Morgan fingerprint density at radius 3 is 2.56 bits per heavy atom. The van der Waals surface area contributed by atoms with Crippen LogP contribution < -0.4 is 4.74 Å². The van der Waals surface area contributed by atoms with E-state index in [2.05, 4.69) is 13.5 Å². The molecule has 2 nitrogen and oxygen atoms in total. The molecule has 1 rings (SSSR count). The Bertz CT molecular complexity index is 348. The smallest absolute Gasteiger partial charge is 0.160 e. The number of phenolic OH excluding ortho intramolecular Hbond substituents is 1. The summed E-state index contributed by atoms with van der Waals surface area (Å²) in [5, 5.41) is 9.66. The molecule has 83 valence electrons. The minimum atomic E-state index is 0. The molecule has 0 aromatic heterocycles. The van der Waals surface area contributed by atoms with Crippen molar-refractivity contribution >= 4 is 29.6 Å². The van der Waals surface area contributed by atoms with Crippen molar-refractivity contribution < 1.29 is 9.84 Å². The summed E-state index contributed by atoms with van der Waals surface area (Å²) in [5.74, 6) is 0.750. The molecule has 0 unspecified atom stereocenters. The van der Waals surface area contributed by atoms with Crippen molar-refractivity contribution in [3.63, 3.8) is 0 Å². The van der Waals surface area contributed by atoms with Crippen LogP contribution in [0.1, 0.15) is 24.5 Å². The second-order valence-corrected chi connectivity index (χ2v) is 3.54. The second-order valence-electron chi connectivity index (χ2n) is 3.54. The minimum absolute atomic E-state index is 0. The molecule has 1 aromatic carbocycles. The van der Waals surface area contributed by atoms with Crippen LogP contribution in [0.4, 0.5) is 0 Å². The van der Waals surface area contributed by atoms with Gasteiger partial charge in [-0.2, -0.15) is 0 Å². The predicted octanol–water partition coefficient (Wildman–Crippen LogP) is 2.70. The van der Waals surface area contributed by atoms with Crippen molar-refractivity contribution in [2.24, 2.45) is 0 Å². The number of methoxy groups -OCH3 is 1. The van der Waals surface area contributed by atoms with E-state index in [0.717, 1.165) is 19.3 Å². The van der Waals surface area contributed by atoms with Crippen LogP contribution in [0.3, 0.4) is 0 Å². The van der Waals surface area contributed by atoms with E-state index in [1.807, 2.05) is 12.1 Å². The normalized spacial score (nSPS) is 9.38. The molecule has 0 fully saturated rings. The Balaban J connectivity index is 0.00000225. The number of ether oxygens (including phenoxy) is 1. The van der Waals surface area contributed by atoms with Gasteiger partial charge in [-0.25, -0.2) is 0 Å². The Morgan fingerprint density at radius 1 is 1.38 bits per heavy atom. The van der Waals surface area contributed by atoms with E-state index in [1.54, 1.807) is 13.2 Å². The van der Waals surface area contributed by atoms with Crippen LogP contribution in [0.15, 0.2) is 24.8 Å². The molecular formula is C13H18NaO2. The van der Waals surface area contributed by atoms with E-state index < -0.39 is 0 Å². The zero-order valence-electron chi connectivity index (χ0n) is 10.4. The predicted molar refractivity (Wildman–Crippen MR) is 68.3 cm³/mol. The minimum Gasteiger partial charge on any atom is -0.504 e. The fourth-order valence-corrected chi connectivity index (χ4v) is 1.66. The summed E-state index contributed by atoms with van der Waals surface area (Å²) in [7, 11) is 1.56. The van der Waals surface area contributed by atoms with Crippen LogP contribution in [-0.4, -0.2) is 41.8 Å². The maximum absolute atomic E-state index is 9.66. The average molecular weight is 229 g/mol. The van der Waals surface area contributed by atoms with Crippen molar-refractivity contribution in [3.05, 3.63) is 35.9 Å². The number of aryl methyl sites for hydroxylation is 1. The van der Waals surface area contributed by atoms with E-state index in [4.69, 9.17) is 4.74 Å². The first-order valence-electron chi connectivity index (χ1n) is 5.22. The largest absolute Gasteiger partial charge is 0.504 e. The molecule has 0 heterocycles. The first-order chi connectivity index (χ1) is 7.22. The summed E-state index contributed by atoms with van der Waals surface area (Å²) >= 11 is 0. The van der Waals surface area contributed by atoms with Gasteiger partial charge in [-0.3, -0.25) is 0 Å². The van der Waals surface area contributed by atoms with Gasteiger partial charge in [-0.05, 0) is 36.1 Å². The number of benzene rings is 1. The fraction of sp³-hybridized carbons (Fsp3) is 0.385. The van der Waals surface area contributed by atoms with Crippen LogP contribution in [0, 0.1) is 0 Å². The second kappa shape index (κ2) is 7.77. The molecule has 0 bridgehead atoms. The van der Waals surface area contributed by atoms with Crippen LogP contribution in [-0.2, 0) is 12.8 Å². The maximum atomic E-state index is 9.66. The van der Waals surface area contributed by atoms with Gasteiger partial charge in [0, 0.05) is 29.6 Å². The third kappa shape index (κ3) is 3.85. The maximum Gasteiger partial charge on any atom is 0.160 e. The quantitative estimate of drug-likeness (QED) is 0.621. The van der Waals surface area contributed by atoms with Gasteiger partial charge < -0.3 is 9.84 Å². The van der Waals surface area contributed by atoms with Crippen molar-refractivity contribution in [3.8, 4) is 11.5 Å². The number of rotatable bonds is 5. The van der Waals surface area contributed by atoms with Gasteiger partial charge in [0.05, 0.1) is 7.11 Å². The number of aromatic hydroxyl groups is 1. The van der Waals surface area contributed by atoms with Gasteiger partial charge >= 0.3 is 0 Å². The Hall–Kier alpha value is -0.440. The monoisotopic (exact) mass is 229 g/mol. The molecule has 1 aromatic rings. The third-order valence-electron chi connectivity index (χ3n) is 2.38. The summed E-state index contributed by atoms with van der Waals surface area (Å²) < 4.78 is 5.08. The topological polar surface area (TPSA) is 29.5 Å². The summed E-state index contributed by atoms with van der Waals surface area (Å²) in [6.07, 6.45) is 4.72. The number of phenols is 1. The molecule has 0 aliphatic heterocycles. The van der Waals surface area contributed by atoms with E-state index in [1.165, 1.54) is 11.1 Å². The van der Waals surface area contributed by atoms with Crippen molar-refractivity contribution in [1.29, 1.82) is 0 Å². The van der Waals surface area contributed by atoms with Crippen LogP contribution in [0.5, 0.6) is 11.5 Å². The first-order valence-corrected chi connectivity index (χ1v) is 5.22. The molecule has 0 aliphatic rings. The van der Waals surface area contributed by atoms with Gasteiger partial charge in [0.25, 0.3) is 0 Å². The number of hydrogen-bond acceptors (Lipinski definition) is 2.